The molecule has 7 heteroatoms. The molecule has 7 nitrogen and oxygen atoms in total. The summed E-state index contributed by atoms with van der Waals surface area (Å²) < 4.78 is 5.86. The maximum atomic E-state index is 13.6. The molecule has 0 radical (unpaired) electrons. The minimum atomic E-state index is 0.0662. The molecular weight excluding hydrogens is 462 g/mol. The van der Waals surface area contributed by atoms with Crippen LogP contribution in [0.2, 0.25) is 0 Å². The lowest BCUT2D eigenvalue weighted by Crippen LogP contribution is -2.59. The van der Waals surface area contributed by atoms with Gasteiger partial charge in [0.25, 0.3) is 0 Å². The molecule has 3 aromatic rings. The molecule has 5 aliphatic rings. The number of hydrogen-bond acceptors (Lipinski definition) is 5. The van der Waals surface area contributed by atoms with Gasteiger partial charge in [-0.3, -0.25) is 4.90 Å². The number of amides is 2. The molecule has 190 valence electrons. The van der Waals surface area contributed by atoms with E-state index in [1.807, 2.05) is 29.2 Å². The number of carbonyl (C=O) groups excluding carboxylic acids is 1. The highest BCUT2D eigenvalue weighted by molar-refractivity contribution is 5.98. The summed E-state index contributed by atoms with van der Waals surface area (Å²) in [5.41, 5.74) is 3.11. The van der Waals surface area contributed by atoms with Crippen LogP contribution in [-0.2, 0) is 6.61 Å². The Hall–Kier alpha value is -3.61. The fraction of sp³-hybridized carbons (Fsp3) is 0.433. The fourth-order valence-corrected chi connectivity index (χ4v) is 7.50. The Kier molecular flexibility index (Phi) is 5.71. The Balaban J connectivity index is 1.05. The van der Waals surface area contributed by atoms with Crippen molar-refractivity contribution < 1.29 is 9.53 Å². The van der Waals surface area contributed by atoms with Crippen molar-refractivity contribution in [2.24, 2.45) is 23.7 Å². The molecular formula is C30H33N5O2. The van der Waals surface area contributed by atoms with E-state index in [1.54, 1.807) is 18.5 Å². The maximum Gasteiger partial charge on any atom is 0.322 e. The van der Waals surface area contributed by atoms with E-state index in [9.17, 15) is 4.79 Å². The van der Waals surface area contributed by atoms with Crippen LogP contribution < -0.4 is 19.9 Å². The Labute approximate surface area is 217 Å². The van der Waals surface area contributed by atoms with Crippen LogP contribution in [0, 0.1) is 23.7 Å². The van der Waals surface area contributed by atoms with Crippen LogP contribution in [0.4, 0.5) is 21.9 Å². The third-order valence-electron chi connectivity index (χ3n) is 8.91. The first-order valence-corrected chi connectivity index (χ1v) is 13.6. The number of urea groups is 1. The summed E-state index contributed by atoms with van der Waals surface area (Å²) >= 11 is 0. The normalized spacial score (nSPS) is 27.6. The zero-order valence-electron chi connectivity index (χ0n) is 21.0. The molecule has 4 saturated carbocycles. The first kappa shape index (κ1) is 22.6. The van der Waals surface area contributed by atoms with E-state index in [4.69, 9.17) is 4.74 Å². The zero-order chi connectivity index (χ0) is 24.8. The first-order valence-electron chi connectivity index (χ1n) is 13.6. The number of carbonyl (C=O) groups is 1. The van der Waals surface area contributed by atoms with Gasteiger partial charge in [-0.05, 0) is 98.2 Å². The van der Waals surface area contributed by atoms with E-state index in [1.165, 1.54) is 32.1 Å². The predicted octanol–water partition coefficient (Wildman–Crippen LogP) is 5.55. The van der Waals surface area contributed by atoms with Crippen LogP contribution in [0.5, 0.6) is 5.75 Å². The van der Waals surface area contributed by atoms with Gasteiger partial charge in [0, 0.05) is 37.2 Å². The zero-order valence-corrected chi connectivity index (χ0v) is 21.0. The largest absolute Gasteiger partial charge is 0.486 e. The minimum Gasteiger partial charge on any atom is -0.486 e. The number of benzene rings is 2. The second-order valence-electron chi connectivity index (χ2n) is 11.1. The lowest BCUT2D eigenvalue weighted by Gasteiger charge is -2.54. The van der Waals surface area contributed by atoms with Gasteiger partial charge >= 0.3 is 6.03 Å². The average Bonchev–Trinajstić information content (AvgIpc) is 2.94. The number of hydrogen-bond donors (Lipinski definition) is 1. The second-order valence-corrected chi connectivity index (χ2v) is 11.1. The number of fused-ring (bicyclic) bond motifs is 1. The van der Waals surface area contributed by atoms with Gasteiger partial charge in [-0.15, -0.1) is 0 Å². The SMILES string of the molecule is O=C(NC1C2CC3CC(C2)CC1C3)N1CCN(c2ccc(OCc3ncccn3)cc2)c2ccccc21. The lowest BCUT2D eigenvalue weighted by molar-refractivity contribution is -0.00911. The number of para-hydroxylation sites is 2. The number of nitrogens with zero attached hydrogens (tertiary/aromatic N) is 4. The highest BCUT2D eigenvalue weighted by atomic mass is 16.5. The minimum absolute atomic E-state index is 0.0662. The van der Waals surface area contributed by atoms with Crippen molar-refractivity contribution in [1.82, 2.24) is 15.3 Å². The Bertz CT molecular complexity index is 1240. The molecule has 1 aromatic heterocycles. The molecule has 2 heterocycles. The quantitative estimate of drug-likeness (QED) is 0.503. The third-order valence-corrected chi connectivity index (χ3v) is 8.91. The Morgan fingerprint density at radius 2 is 1.51 bits per heavy atom. The van der Waals surface area contributed by atoms with Gasteiger partial charge in [0.1, 0.15) is 12.4 Å². The van der Waals surface area contributed by atoms with Crippen molar-refractivity contribution >= 4 is 23.1 Å². The molecule has 0 unspecified atom stereocenters. The molecule has 4 aliphatic carbocycles. The van der Waals surface area contributed by atoms with Gasteiger partial charge in [-0.25, -0.2) is 14.8 Å². The molecule has 0 atom stereocenters. The standard InChI is InChI=1S/C30H33N5O2/c36-30(33-29-22-15-20-14-21(17-22)18-23(29)16-20)35-13-12-34(26-4-1-2-5-27(26)35)24-6-8-25(9-7-24)37-19-28-31-10-3-11-32-28/h1-11,20-23,29H,12-19H2,(H,33,36). The number of anilines is 3. The third kappa shape index (κ3) is 4.30. The average molecular weight is 496 g/mol. The highest BCUT2D eigenvalue weighted by Gasteiger charge is 2.49. The van der Waals surface area contributed by atoms with E-state index in [0.29, 0.717) is 36.9 Å². The van der Waals surface area contributed by atoms with Crippen molar-refractivity contribution in [1.29, 1.82) is 0 Å². The number of aromatic nitrogens is 2. The fourth-order valence-electron chi connectivity index (χ4n) is 7.50. The number of nitrogens with one attached hydrogen (secondary N) is 1. The van der Waals surface area contributed by atoms with Crippen molar-refractivity contribution in [3.05, 3.63) is 72.8 Å². The highest BCUT2D eigenvalue weighted by Crippen LogP contribution is 2.53. The van der Waals surface area contributed by atoms with Crippen LogP contribution >= 0.6 is 0 Å². The summed E-state index contributed by atoms with van der Waals surface area (Å²) in [7, 11) is 0. The smallest absolute Gasteiger partial charge is 0.322 e. The summed E-state index contributed by atoms with van der Waals surface area (Å²) in [6, 6.07) is 18.5. The first-order chi connectivity index (χ1) is 18.2. The van der Waals surface area contributed by atoms with Crippen molar-refractivity contribution in [2.75, 3.05) is 22.9 Å². The molecule has 1 N–H and O–H groups in total. The summed E-state index contributed by atoms with van der Waals surface area (Å²) in [6.07, 6.45) is 10.1. The molecule has 1 aliphatic heterocycles. The van der Waals surface area contributed by atoms with Crippen molar-refractivity contribution in [3.8, 4) is 5.75 Å². The predicted molar refractivity (Wildman–Crippen MR) is 143 cm³/mol. The van der Waals surface area contributed by atoms with Gasteiger partial charge < -0.3 is 15.0 Å². The van der Waals surface area contributed by atoms with E-state index in [0.717, 1.165) is 41.2 Å². The van der Waals surface area contributed by atoms with Gasteiger partial charge in [-0.2, -0.15) is 0 Å². The van der Waals surface area contributed by atoms with E-state index < -0.39 is 0 Å². The van der Waals surface area contributed by atoms with Gasteiger partial charge in [0.2, 0.25) is 0 Å². The Morgan fingerprint density at radius 3 is 2.22 bits per heavy atom. The molecule has 37 heavy (non-hydrogen) atoms. The summed E-state index contributed by atoms with van der Waals surface area (Å²) in [5.74, 6) is 4.59. The molecule has 4 fully saturated rings. The van der Waals surface area contributed by atoms with Crippen LogP contribution in [0.15, 0.2) is 67.0 Å². The topological polar surface area (TPSA) is 70.6 Å². The van der Waals surface area contributed by atoms with Crippen molar-refractivity contribution in [2.45, 2.75) is 44.8 Å². The van der Waals surface area contributed by atoms with Crippen LogP contribution in [-0.4, -0.2) is 35.1 Å². The van der Waals surface area contributed by atoms with Gasteiger partial charge in [0.15, 0.2) is 5.82 Å². The van der Waals surface area contributed by atoms with E-state index >= 15 is 0 Å². The molecule has 8 rings (SSSR count). The second kappa shape index (κ2) is 9.36. The summed E-state index contributed by atoms with van der Waals surface area (Å²) in [4.78, 5) is 26.3. The van der Waals surface area contributed by atoms with Gasteiger partial charge in [-0.1, -0.05) is 12.1 Å². The lowest BCUT2D eigenvalue weighted by atomic mass is 9.54. The Morgan fingerprint density at radius 1 is 0.838 bits per heavy atom. The number of rotatable bonds is 5. The molecule has 0 saturated heterocycles. The summed E-state index contributed by atoms with van der Waals surface area (Å²) in [6.45, 7) is 1.73. The van der Waals surface area contributed by atoms with Crippen LogP contribution in [0.3, 0.4) is 0 Å². The maximum absolute atomic E-state index is 13.6. The van der Waals surface area contributed by atoms with E-state index in [-0.39, 0.29) is 6.03 Å². The van der Waals surface area contributed by atoms with Crippen LogP contribution in [0.25, 0.3) is 0 Å². The van der Waals surface area contributed by atoms with Crippen molar-refractivity contribution in [3.63, 3.8) is 0 Å². The van der Waals surface area contributed by atoms with Gasteiger partial charge in [0.05, 0.1) is 11.4 Å². The molecule has 2 amide bonds. The van der Waals surface area contributed by atoms with Crippen LogP contribution in [0.1, 0.15) is 37.9 Å². The summed E-state index contributed by atoms with van der Waals surface area (Å²) in [5, 5.41) is 3.50. The monoisotopic (exact) mass is 495 g/mol. The number of ether oxygens (including phenoxy) is 1. The molecule has 0 spiro atoms. The molecule has 4 bridgehead atoms. The van der Waals surface area contributed by atoms with E-state index in [2.05, 4.69) is 44.5 Å². The molecule has 2 aromatic carbocycles.